The van der Waals surface area contributed by atoms with Gasteiger partial charge in [-0.15, -0.1) is 0 Å². The number of likely N-dealkylation sites (tertiary alicyclic amines) is 1. The zero-order valence-electron chi connectivity index (χ0n) is 16.0. The van der Waals surface area contributed by atoms with Crippen LogP contribution >= 0.6 is 0 Å². The van der Waals surface area contributed by atoms with Gasteiger partial charge >= 0.3 is 5.97 Å². The lowest BCUT2D eigenvalue weighted by atomic mass is 10.1. The fourth-order valence-electron chi connectivity index (χ4n) is 3.40. The Kier molecular flexibility index (Phi) is 5.70. The van der Waals surface area contributed by atoms with Crippen LogP contribution in [-0.4, -0.2) is 34.8 Å². The van der Waals surface area contributed by atoms with Gasteiger partial charge in [-0.3, -0.25) is 9.59 Å². The minimum absolute atomic E-state index is 0.00400. The van der Waals surface area contributed by atoms with Gasteiger partial charge in [-0.2, -0.15) is 0 Å². The number of benzene rings is 2. The fourth-order valence-corrected chi connectivity index (χ4v) is 3.40. The Hall–Kier alpha value is -3.41. The Morgan fingerprint density at radius 2 is 1.83 bits per heavy atom. The average Bonchev–Trinajstić information content (AvgIpc) is 3.39. The lowest BCUT2D eigenvalue weighted by molar-refractivity contribution is -0.149. The zero-order valence-corrected chi connectivity index (χ0v) is 16.0. The number of carbonyl (C=O) groups is 2. The lowest BCUT2D eigenvalue weighted by Gasteiger charge is -2.16. The third-order valence-electron chi connectivity index (χ3n) is 5.00. The molecule has 1 amide bonds. The number of rotatable bonds is 7. The summed E-state index contributed by atoms with van der Waals surface area (Å²) in [6, 6.07) is 19.5. The maximum atomic E-state index is 12.4. The molecule has 1 aliphatic heterocycles. The van der Waals surface area contributed by atoms with Gasteiger partial charge in [-0.05, 0) is 24.1 Å². The van der Waals surface area contributed by atoms with Gasteiger partial charge in [0.1, 0.15) is 18.6 Å². The van der Waals surface area contributed by atoms with Crippen molar-refractivity contribution in [2.45, 2.75) is 19.4 Å². The molecule has 1 aliphatic rings. The van der Waals surface area contributed by atoms with E-state index in [2.05, 4.69) is 4.98 Å². The van der Waals surface area contributed by atoms with E-state index in [0.717, 1.165) is 12.0 Å². The topological polar surface area (TPSA) is 72.6 Å². The summed E-state index contributed by atoms with van der Waals surface area (Å²) in [6.45, 7) is 1.04. The maximum absolute atomic E-state index is 12.4. The van der Waals surface area contributed by atoms with Crippen LogP contribution in [0, 0.1) is 5.92 Å². The van der Waals surface area contributed by atoms with Crippen LogP contribution in [0.5, 0.6) is 0 Å². The second-order valence-corrected chi connectivity index (χ2v) is 7.09. The van der Waals surface area contributed by atoms with Gasteiger partial charge in [-0.25, -0.2) is 4.98 Å². The summed E-state index contributed by atoms with van der Waals surface area (Å²) in [5.74, 6) is -0.320. The van der Waals surface area contributed by atoms with Crippen molar-refractivity contribution < 1.29 is 18.7 Å². The van der Waals surface area contributed by atoms with E-state index in [-0.39, 0.29) is 24.9 Å². The molecular weight excluding hydrogens is 368 g/mol. The number of carbonyl (C=O) groups excluding carboxylic acids is 2. The molecule has 0 unspecified atom stereocenters. The molecule has 1 atom stereocenters. The Bertz CT molecular complexity index is 969. The van der Waals surface area contributed by atoms with E-state index in [9.17, 15) is 9.59 Å². The van der Waals surface area contributed by atoms with Crippen molar-refractivity contribution in [2.75, 3.05) is 13.1 Å². The van der Waals surface area contributed by atoms with Gasteiger partial charge in [0.05, 0.1) is 5.92 Å². The Morgan fingerprint density at radius 1 is 1.10 bits per heavy atom. The molecule has 148 valence electrons. The molecule has 1 aromatic heterocycles. The maximum Gasteiger partial charge on any atom is 0.311 e. The summed E-state index contributed by atoms with van der Waals surface area (Å²) in [5, 5.41) is 0. The number of hydrogen-bond acceptors (Lipinski definition) is 5. The molecule has 0 N–H and O–H groups in total. The third kappa shape index (κ3) is 4.71. The van der Waals surface area contributed by atoms with Gasteiger partial charge in [0, 0.05) is 25.1 Å². The average molecular weight is 390 g/mol. The Morgan fingerprint density at radius 3 is 2.59 bits per heavy atom. The SMILES string of the molecule is O=C(OCc1coc(-c2ccccc2)n1)[C@H]1CC(=O)N(CCc2ccccc2)C1. The van der Waals surface area contributed by atoms with Gasteiger partial charge in [0.2, 0.25) is 11.8 Å². The standard InChI is InChI=1S/C23H22N2O4/c26-21-13-19(14-25(21)12-11-17-7-3-1-4-8-17)23(27)29-16-20-15-28-22(24-20)18-9-5-2-6-10-18/h1-10,15,19H,11-14,16H2/t19-/m0/s1. The van der Waals surface area contributed by atoms with Crippen molar-refractivity contribution in [3.05, 3.63) is 78.2 Å². The molecule has 2 aromatic carbocycles. The number of esters is 1. The predicted molar refractivity (Wildman–Crippen MR) is 107 cm³/mol. The van der Waals surface area contributed by atoms with Crippen LogP contribution in [0.3, 0.4) is 0 Å². The molecule has 1 fully saturated rings. The largest absolute Gasteiger partial charge is 0.459 e. The Balaban J connectivity index is 1.27. The van der Waals surface area contributed by atoms with E-state index < -0.39 is 5.92 Å². The fraction of sp³-hybridized carbons (Fsp3) is 0.261. The molecule has 0 radical (unpaired) electrons. The van der Waals surface area contributed by atoms with Crippen molar-refractivity contribution in [3.63, 3.8) is 0 Å². The van der Waals surface area contributed by atoms with Crippen molar-refractivity contribution in [3.8, 4) is 11.5 Å². The van der Waals surface area contributed by atoms with Crippen LogP contribution in [-0.2, 0) is 27.4 Å². The second kappa shape index (κ2) is 8.73. The van der Waals surface area contributed by atoms with Crippen LogP contribution in [0.4, 0.5) is 0 Å². The zero-order chi connectivity index (χ0) is 20.1. The van der Waals surface area contributed by atoms with Gasteiger partial charge in [0.25, 0.3) is 0 Å². The number of oxazole rings is 1. The summed E-state index contributed by atoms with van der Waals surface area (Å²) in [5.41, 5.74) is 2.58. The third-order valence-corrected chi connectivity index (χ3v) is 5.00. The van der Waals surface area contributed by atoms with Crippen LogP contribution in [0.2, 0.25) is 0 Å². The van der Waals surface area contributed by atoms with E-state index in [1.165, 1.54) is 11.8 Å². The summed E-state index contributed by atoms with van der Waals surface area (Å²) >= 11 is 0. The lowest BCUT2D eigenvalue weighted by Crippen LogP contribution is -2.28. The first-order valence-corrected chi connectivity index (χ1v) is 9.67. The molecule has 1 saturated heterocycles. The molecule has 0 spiro atoms. The van der Waals surface area contributed by atoms with E-state index in [0.29, 0.717) is 24.7 Å². The van der Waals surface area contributed by atoms with Crippen LogP contribution < -0.4 is 0 Å². The first-order chi connectivity index (χ1) is 14.2. The molecule has 0 saturated carbocycles. The van der Waals surface area contributed by atoms with Crippen LogP contribution in [0.15, 0.2) is 71.3 Å². The highest BCUT2D eigenvalue weighted by molar-refractivity contribution is 5.86. The second-order valence-electron chi connectivity index (χ2n) is 7.09. The number of ether oxygens (including phenoxy) is 1. The van der Waals surface area contributed by atoms with E-state index >= 15 is 0 Å². The van der Waals surface area contributed by atoms with Crippen LogP contribution in [0.25, 0.3) is 11.5 Å². The molecule has 29 heavy (non-hydrogen) atoms. The first-order valence-electron chi connectivity index (χ1n) is 9.67. The molecule has 6 heteroatoms. The summed E-state index contributed by atoms with van der Waals surface area (Å²) in [4.78, 5) is 30.7. The van der Waals surface area contributed by atoms with E-state index in [4.69, 9.17) is 9.15 Å². The predicted octanol–water partition coefficient (Wildman–Crippen LogP) is 3.48. The van der Waals surface area contributed by atoms with Crippen molar-refractivity contribution >= 4 is 11.9 Å². The smallest absolute Gasteiger partial charge is 0.311 e. The van der Waals surface area contributed by atoms with Crippen molar-refractivity contribution in [1.29, 1.82) is 0 Å². The molecule has 4 rings (SSSR count). The molecule has 6 nitrogen and oxygen atoms in total. The quantitative estimate of drug-likeness (QED) is 0.578. The molecule has 0 aliphatic carbocycles. The minimum atomic E-state index is -0.432. The minimum Gasteiger partial charge on any atom is -0.459 e. The van der Waals surface area contributed by atoms with E-state index in [1.807, 2.05) is 60.7 Å². The van der Waals surface area contributed by atoms with Crippen molar-refractivity contribution in [1.82, 2.24) is 9.88 Å². The van der Waals surface area contributed by atoms with Gasteiger partial charge in [-0.1, -0.05) is 48.5 Å². The molecule has 0 bridgehead atoms. The number of amides is 1. The highest BCUT2D eigenvalue weighted by Gasteiger charge is 2.35. The molecule has 2 heterocycles. The number of nitrogens with zero attached hydrogens (tertiary/aromatic N) is 2. The summed E-state index contributed by atoms with van der Waals surface area (Å²) < 4.78 is 10.8. The summed E-state index contributed by atoms with van der Waals surface area (Å²) in [6.07, 6.45) is 2.46. The monoisotopic (exact) mass is 390 g/mol. The van der Waals surface area contributed by atoms with Gasteiger partial charge in [0.15, 0.2) is 0 Å². The highest BCUT2D eigenvalue weighted by atomic mass is 16.5. The van der Waals surface area contributed by atoms with Crippen molar-refractivity contribution in [2.24, 2.45) is 5.92 Å². The van der Waals surface area contributed by atoms with Crippen LogP contribution in [0.1, 0.15) is 17.7 Å². The molecular formula is C23H22N2O4. The van der Waals surface area contributed by atoms with Gasteiger partial charge < -0.3 is 14.1 Å². The normalized spacial score (nSPS) is 16.2. The molecule has 3 aromatic rings. The van der Waals surface area contributed by atoms with E-state index in [1.54, 1.807) is 4.90 Å². The highest BCUT2D eigenvalue weighted by Crippen LogP contribution is 2.21. The number of hydrogen-bond donors (Lipinski definition) is 0. The number of aromatic nitrogens is 1. The Labute approximate surface area is 169 Å². The summed E-state index contributed by atoms with van der Waals surface area (Å²) in [7, 11) is 0. The first kappa shape index (κ1) is 18.9.